The second kappa shape index (κ2) is 4.94. The summed E-state index contributed by atoms with van der Waals surface area (Å²) in [7, 11) is 1.44. The lowest BCUT2D eigenvalue weighted by atomic mass is 10.1. The van der Waals surface area contributed by atoms with Crippen LogP contribution >= 0.6 is 12.2 Å². The van der Waals surface area contributed by atoms with Crippen molar-refractivity contribution < 1.29 is 14.3 Å². The lowest BCUT2D eigenvalue weighted by molar-refractivity contribution is 0.409. The summed E-state index contributed by atoms with van der Waals surface area (Å²) < 4.78 is 10.6. The fraction of sp³-hybridized carbons (Fsp3) is 0.0667. The molecule has 0 spiro atoms. The van der Waals surface area contributed by atoms with Gasteiger partial charge < -0.3 is 14.3 Å². The number of benzene rings is 1. The predicted molar refractivity (Wildman–Crippen MR) is 79.8 cm³/mol. The van der Waals surface area contributed by atoms with Gasteiger partial charge in [0.05, 0.1) is 18.7 Å². The highest BCUT2D eigenvalue weighted by molar-refractivity contribution is 7.80. The largest absolute Gasteiger partial charge is 0.505 e. The van der Waals surface area contributed by atoms with Crippen LogP contribution in [0.2, 0.25) is 0 Å². The number of rotatable bonds is 2. The Morgan fingerprint density at radius 1 is 1.30 bits per heavy atom. The maximum atomic E-state index is 10.2. The van der Waals surface area contributed by atoms with Gasteiger partial charge in [0.1, 0.15) is 5.76 Å². The first-order valence-electron chi connectivity index (χ1n) is 5.96. The molecule has 3 aromatic rings. The smallest absolute Gasteiger partial charge is 0.213 e. The summed E-state index contributed by atoms with van der Waals surface area (Å²) in [6, 6.07) is 11.4. The Hall–Kier alpha value is -2.40. The van der Waals surface area contributed by atoms with Gasteiger partial charge in [-0.05, 0) is 18.3 Å². The summed E-state index contributed by atoms with van der Waals surface area (Å²) in [5, 5.41) is 10.9. The van der Waals surface area contributed by atoms with Gasteiger partial charge in [-0.15, -0.1) is 0 Å². The fourth-order valence-corrected chi connectivity index (χ4v) is 2.14. The van der Waals surface area contributed by atoms with E-state index in [1.807, 2.05) is 30.3 Å². The molecule has 0 aliphatic heterocycles. The van der Waals surface area contributed by atoms with Crippen LogP contribution in [0.3, 0.4) is 0 Å². The van der Waals surface area contributed by atoms with E-state index in [1.165, 1.54) is 13.3 Å². The Balaban J connectivity index is 2.17. The molecule has 2 heterocycles. The molecular formula is C15H11NO3S. The van der Waals surface area contributed by atoms with Crippen molar-refractivity contribution in [2.24, 2.45) is 0 Å². The van der Waals surface area contributed by atoms with Gasteiger partial charge in [0.25, 0.3) is 0 Å². The number of fused-ring (bicyclic) bond motifs is 1. The molecule has 0 radical (unpaired) electrons. The Morgan fingerprint density at radius 2 is 2.05 bits per heavy atom. The third-order valence-electron chi connectivity index (χ3n) is 2.99. The second-order valence-electron chi connectivity index (χ2n) is 4.20. The lowest BCUT2D eigenvalue weighted by Crippen LogP contribution is -2.02. The highest BCUT2D eigenvalue weighted by Crippen LogP contribution is 2.34. The van der Waals surface area contributed by atoms with Crippen molar-refractivity contribution >= 4 is 28.2 Å². The highest BCUT2D eigenvalue weighted by Gasteiger charge is 2.16. The molecule has 3 rings (SSSR count). The third kappa shape index (κ3) is 2.02. The molecule has 0 saturated heterocycles. The molecule has 0 saturated carbocycles. The molecule has 1 aromatic carbocycles. The minimum Gasteiger partial charge on any atom is -0.505 e. The van der Waals surface area contributed by atoms with Gasteiger partial charge in [0.15, 0.2) is 17.0 Å². The van der Waals surface area contributed by atoms with Gasteiger partial charge in [-0.3, -0.25) is 0 Å². The van der Waals surface area contributed by atoms with Gasteiger partial charge in [-0.2, -0.15) is 0 Å². The van der Waals surface area contributed by atoms with Crippen molar-refractivity contribution in [3.8, 4) is 17.1 Å². The number of nitrogens with zero attached hydrogens (tertiary/aromatic N) is 1. The van der Waals surface area contributed by atoms with Crippen LogP contribution in [0.25, 0.3) is 22.3 Å². The number of aromatic hydroxyl groups is 1. The summed E-state index contributed by atoms with van der Waals surface area (Å²) in [6.45, 7) is 0. The van der Waals surface area contributed by atoms with E-state index in [0.717, 1.165) is 5.56 Å². The number of hydrogen-bond donors (Lipinski definition) is 1. The van der Waals surface area contributed by atoms with Crippen LogP contribution in [0.5, 0.6) is 5.75 Å². The van der Waals surface area contributed by atoms with E-state index in [1.54, 1.807) is 6.07 Å². The van der Waals surface area contributed by atoms with Crippen molar-refractivity contribution in [2.75, 3.05) is 7.11 Å². The van der Waals surface area contributed by atoms with Crippen LogP contribution in [0.4, 0.5) is 0 Å². The van der Waals surface area contributed by atoms with Gasteiger partial charge in [0.2, 0.25) is 5.05 Å². The number of hydrogen-bond acceptors (Lipinski definition) is 5. The number of aromatic nitrogens is 1. The van der Waals surface area contributed by atoms with E-state index in [0.29, 0.717) is 16.7 Å². The molecule has 0 aliphatic rings. The number of furan rings is 1. The summed E-state index contributed by atoms with van der Waals surface area (Å²) in [6.07, 6.45) is 1.53. The van der Waals surface area contributed by atoms with E-state index in [2.05, 4.69) is 4.98 Å². The SMILES string of the molecule is COC(=S)c1ncc2oc(-c3ccccc3)cc2c1O. The molecule has 0 aliphatic carbocycles. The Labute approximate surface area is 120 Å². The van der Waals surface area contributed by atoms with Crippen LogP contribution in [0, 0.1) is 0 Å². The molecular weight excluding hydrogens is 274 g/mol. The number of pyridine rings is 1. The summed E-state index contributed by atoms with van der Waals surface area (Å²) in [5.41, 5.74) is 1.68. The molecule has 5 heteroatoms. The maximum Gasteiger partial charge on any atom is 0.213 e. The molecule has 1 N–H and O–H groups in total. The van der Waals surface area contributed by atoms with Gasteiger partial charge >= 0.3 is 0 Å². The standard InChI is InChI=1S/C15H11NO3S/c1-18-15(20)13-14(17)10-7-11(19-12(10)8-16-13)9-5-3-2-4-6-9/h2-8,17H,1H3. The summed E-state index contributed by atoms with van der Waals surface area (Å²) in [4.78, 5) is 4.07. The Bertz CT molecular complexity index is 780. The quantitative estimate of drug-likeness (QED) is 0.730. The monoisotopic (exact) mass is 285 g/mol. The number of methoxy groups -OCH3 is 1. The first-order chi connectivity index (χ1) is 9.70. The molecule has 0 atom stereocenters. The zero-order valence-corrected chi connectivity index (χ0v) is 11.5. The van der Waals surface area contributed by atoms with Crippen molar-refractivity contribution in [3.05, 3.63) is 48.3 Å². The van der Waals surface area contributed by atoms with Gasteiger partial charge in [0, 0.05) is 5.56 Å². The average Bonchev–Trinajstić information content (AvgIpc) is 2.93. The molecule has 0 fully saturated rings. The molecule has 0 unspecified atom stereocenters. The lowest BCUT2D eigenvalue weighted by Gasteiger charge is -2.03. The molecule has 2 aromatic heterocycles. The van der Waals surface area contributed by atoms with E-state index < -0.39 is 0 Å². The first kappa shape index (κ1) is 12.6. The molecule has 20 heavy (non-hydrogen) atoms. The van der Waals surface area contributed by atoms with Crippen molar-refractivity contribution in [1.29, 1.82) is 0 Å². The van der Waals surface area contributed by atoms with Crippen LogP contribution < -0.4 is 0 Å². The molecule has 0 bridgehead atoms. The summed E-state index contributed by atoms with van der Waals surface area (Å²) >= 11 is 5.00. The number of ether oxygens (including phenoxy) is 1. The van der Waals surface area contributed by atoms with Crippen LogP contribution in [-0.2, 0) is 4.74 Å². The predicted octanol–water partition coefficient (Wildman–Crippen LogP) is 3.52. The van der Waals surface area contributed by atoms with E-state index in [9.17, 15) is 5.11 Å². The first-order valence-corrected chi connectivity index (χ1v) is 6.37. The van der Waals surface area contributed by atoms with Crippen LogP contribution in [-0.4, -0.2) is 22.3 Å². The minimum absolute atomic E-state index is 0.0275. The fourth-order valence-electron chi connectivity index (χ4n) is 1.99. The average molecular weight is 285 g/mol. The Morgan fingerprint density at radius 3 is 2.75 bits per heavy atom. The van der Waals surface area contributed by atoms with Crippen molar-refractivity contribution in [1.82, 2.24) is 4.98 Å². The highest BCUT2D eigenvalue weighted by atomic mass is 32.1. The van der Waals surface area contributed by atoms with Crippen LogP contribution in [0.15, 0.2) is 47.0 Å². The summed E-state index contributed by atoms with van der Waals surface area (Å²) in [5.74, 6) is 0.637. The minimum atomic E-state index is -0.0275. The normalized spacial score (nSPS) is 10.7. The molecule has 0 amide bonds. The topological polar surface area (TPSA) is 55.5 Å². The van der Waals surface area contributed by atoms with Crippen molar-refractivity contribution in [3.63, 3.8) is 0 Å². The van der Waals surface area contributed by atoms with E-state index in [-0.39, 0.29) is 16.5 Å². The maximum absolute atomic E-state index is 10.2. The second-order valence-corrected chi connectivity index (χ2v) is 4.57. The molecule has 100 valence electrons. The zero-order chi connectivity index (χ0) is 14.1. The van der Waals surface area contributed by atoms with Crippen LogP contribution in [0.1, 0.15) is 5.69 Å². The van der Waals surface area contributed by atoms with Gasteiger partial charge in [-0.1, -0.05) is 30.3 Å². The zero-order valence-electron chi connectivity index (χ0n) is 10.7. The van der Waals surface area contributed by atoms with E-state index >= 15 is 0 Å². The molecule has 4 nitrogen and oxygen atoms in total. The third-order valence-corrected chi connectivity index (χ3v) is 3.35. The van der Waals surface area contributed by atoms with Gasteiger partial charge in [-0.25, -0.2) is 4.98 Å². The van der Waals surface area contributed by atoms with Crippen molar-refractivity contribution in [2.45, 2.75) is 0 Å². The Kier molecular flexibility index (Phi) is 3.12. The van der Waals surface area contributed by atoms with E-state index in [4.69, 9.17) is 21.4 Å². The number of thiocarbonyl (C=S) groups is 1.